The van der Waals surface area contributed by atoms with Gasteiger partial charge in [0.1, 0.15) is 11.9 Å². The molecule has 7 nitrogen and oxygen atoms in total. The molecule has 1 atom stereocenters. The average Bonchev–Trinajstić information content (AvgIpc) is 2.82. The summed E-state index contributed by atoms with van der Waals surface area (Å²) in [6.45, 7) is 2.63. The summed E-state index contributed by atoms with van der Waals surface area (Å²) in [5.74, 6) is 0. The van der Waals surface area contributed by atoms with Gasteiger partial charge in [0.05, 0.1) is 11.3 Å². The van der Waals surface area contributed by atoms with Crippen LogP contribution in [0.2, 0.25) is 0 Å². The highest BCUT2D eigenvalue weighted by Crippen LogP contribution is 2.22. The second kappa shape index (κ2) is 5.26. The van der Waals surface area contributed by atoms with Crippen molar-refractivity contribution < 1.29 is 4.92 Å². The molecule has 0 aliphatic carbocycles. The summed E-state index contributed by atoms with van der Waals surface area (Å²) < 4.78 is 1.91. The van der Waals surface area contributed by atoms with Crippen LogP contribution in [0.4, 0.5) is 11.4 Å². The molecule has 1 unspecified atom stereocenters. The largest absolute Gasteiger partial charge is 0.375 e. The van der Waals surface area contributed by atoms with Crippen molar-refractivity contribution in [2.45, 2.75) is 19.5 Å². The number of imidazole rings is 1. The number of nitrogens with one attached hydrogen (secondary N) is 1. The quantitative estimate of drug-likeness (QED) is 0.641. The maximum atomic E-state index is 10.8. The van der Waals surface area contributed by atoms with Crippen LogP contribution in [-0.4, -0.2) is 25.5 Å². The van der Waals surface area contributed by atoms with Crippen LogP contribution in [0.15, 0.2) is 37.2 Å². The third-order valence-corrected chi connectivity index (χ3v) is 2.44. The fourth-order valence-electron chi connectivity index (χ4n) is 1.68. The minimum absolute atomic E-state index is 0.0185. The van der Waals surface area contributed by atoms with Gasteiger partial charge in [-0.25, -0.2) is 4.98 Å². The number of hydrogen-bond acceptors (Lipinski definition) is 5. The van der Waals surface area contributed by atoms with Crippen LogP contribution in [-0.2, 0) is 6.54 Å². The summed E-state index contributed by atoms with van der Waals surface area (Å²) in [5.41, 5.74) is 0.456. The summed E-state index contributed by atoms with van der Waals surface area (Å²) in [4.78, 5) is 18.1. The van der Waals surface area contributed by atoms with E-state index in [0.717, 1.165) is 0 Å². The first kappa shape index (κ1) is 12.0. The molecular formula is C11H13N5O2. The molecule has 1 N–H and O–H groups in total. The molecule has 2 rings (SSSR count). The van der Waals surface area contributed by atoms with Crippen molar-refractivity contribution in [3.63, 3.8) is 0 Å². The summed E-state index contributed by atoms with van der Waals surface area (Å²) in [6.07, 6.45) is 8.02. The van der Waals surface area contributed by atoms with E-state index in [1.807, 2.05) is 17.7 Å². The van der Waals surface area contributed by atoms with Crippen LogP contribution < -0.4 is 5.32 Å². The van der Waals surface area contributed by atoms with E-state index in [9.17, 15) is 10.1 Å². The van der Waals surface area contributed by atoms with Crippen molar-refractivity contribution in [3.8, 4) is 0 Å². The van der Waals surface area contributed by atoms with Crippen LogP contribution in [0.5, 0.6) is 0 Å². The maximum absolute atomic E-state index is 10.8. The lowest BCUT2D eigenvalue weighted by Crippen LogP contribution is -2.21. The Labute approximate surface area is 104 Å². The Morgan fingerprint density at radius 1 is 1.50 bits per heavy atom. The smallest absolute Gasteiger partial charge is 0.310 e. The average molecular weight is 247 g/mol. The molecule has 0 aromatic carbocycles. The molecule has 2 aromatic rings. The van der Waals surface area contributed by atoms with E-state index in [1.54, 1.807) is 18.6 Å². The van der Waals surface area contributed by atoms with Crippen LogP contribution in [0.1, 0.15) is 6.92 Å². The molecule has 0 radical (unpaired) electrons. The van der Waals surface area contributed by atoms with Gasteiger partial charge in [-0.1, -0.05) is 0 Å². The zero-order valence-electron chi connectivity index (χ0n) is 9.85. The summed E-state index contributed by atoms with van der Waals surface area (Å²) in [7, 11) is 0. The van der Waals surface area contributed by atoms with E-state index in [4.69, 9.17) is 0 Å². The third-order valence-electron chi connectivity index (χ3n) is 2.44. The summed E-state index contributed by atoms with van der Waals surface area (Å²) in [5, 5.41) is 13.9. The number of nitrogens with zero attached hydrogens (tertiary/aromatic N) is 4. The Morgan fingerprint density at radius 2 is 2.33 bits per heavy atom. The lowest BCUT2D eigenvalue weighted by atomic mass is 10.2. The second-order valence-electron chi connectivity index (χ2n) is 3.95. The minimum Gasteiger partial charge on any atom is -0.375 e. The standard InChI is InChI=1S/C11H13N5O2/c1-9(7-15-5-4-13-8-15)14-10-2-3-12-6-11(10)16(17)18/h2-6,8-9H,7H2,1H3,(H,12,14). The van der Waals surface area contributed by atoms with Gasteiger partial charge in [-0.15, -0.1) is 0 Å². The highest BCUT2D eigenvalue weighted by atomic mass is 16.6. The van der Waals surface area contributed by atoms with Gasteiger partial charge in [0.25, 0.3) is 0 Å². The van der Waals surface area contributed by atoms with Gasteiger partial charge < -0.3 is 9.88 Å². The van der Waals surface area contributed by atoms with Crippen molar-refractivity contribution >= 4 is 11.4 Å². The van der Waals surface area contributed by atoms with E-state index >= 15 is 0 Å². The fourth-order valence-corrected chi connectivity index (χ4v) is 1.68. The number of hydrogen-bond donors (Lipinski definition) is 1. The molecule has 0 spiro atoms. The Kier molecular flexibility index (Phi) is 3.52. The monoisotopic (exact) mass is 247 g/mol. The molecule has 7 heteroatoms. The zero-order valence-corrected chi connectivity index (χ0v) is 9.85. The zero-order chi connectivity index (χ0) is 13.0. The summed E-state index contributed by atoms with van der Waals surface area (Å²) >= 11 is 0. The van der Waals surface area contributed by atoms with Gasteiger partial charge in [0.2, 0.25) is 0 Å². The predicted octanol–water partition coefficient (Wildman–Crippen LogP) is 1.69. The number of pyridine rings is 1. The maximum Gasteiger partial charge on any atom is 0.310 e. The lowest BCUT2D eigenvalue weighted by Gasteiger charge is -2.15. The molecule has 18 heavy (non-hydrogen) atoms. The van der Waals surface area contributed by atoms with Crippen molar-refractivity contribution in [1.82, 2.24) is 14.5 Å². The van der Waals surface area contributed by atoms with E-state index in [0.29, 0.717) is 12.2 Å². The molecule has 2 heterocycles. The molecule has 94 valence electrons. The SMILES string of the molecule is CC(Cn1ccnc1)Nc1ccncc1[N+](=O)[O-]. The van der Waals surface area contributed by atoms with Gasteiger partial charge in [-0.05, 0) is 13.0 Å². The predicted molar refractivity (Wildman–Crippen MR) is 66.2 cm³/mol. The van der Waals surface area contributed by atoms with Crippen molar-refractivity contribution in [2.75, 3.05) is 5.32 Å². The first-order valence-electron chi connectivity index (χ1n) is 5.47. The molecule has 0 bridgehead atoms. The van der Waals surface area contributed by atoms with E-state index in [-0.39, 0.29) is 11.7 Å². The second-order valence-corrected chi connectivity index (χ2v) is 3.95. The number of anilines is 1. The third kappa shape index (κ3) is 2.82. The van der Waals surface area contributed by atoms with Crippen LogP contribution in [0.3, 0.4) is 0 Å². The molecule has 0 aliphatic rings. The highest BCUT2D eigenvalue weighted by Gasteiger charge is 2.14. The highest BCUT2D eigenvalue weighted by molar-refractivity contribution is 5.59. The normalized spacial score (nSPS) is 12.1. The van der Waals surface area contributed by atoms with Crippen LogP contribution >= 0.6 is 0 Å². The Morgan fingerprint density at radius 3 is 3.00 bits per heavy atom. The van der Waals surface area contributed by atoms with Gasteiger partial charge >= 0.3 is 5.69 Å². The molecule has 0 amide bonds. The molecular weight excluding hydrogens is 234 g/mol. The van der Waals surface area contributed by atoms with Gasteiger partial charge in [-0.2, -0.15) is 0 Å². The van der Waals surface area contributed by atoms with Crippen molar-refractivity contribution in [3.05, 3.63) is 47.3 Å². The van der Waals surface area contributed by atoms with Gasteiger partial charge in [0.15, 0.2) is 0 Å². The van der Waals surface area contributed by atoms with E-state index < -0.39 is 4.92 Å². The molecule has 0 saturated carbocycles. The molecule has 0 fully saturated rings. The molecule has 2 aromatic heterocycles. The number of aromatic nitrogens is 3. The lowest BCUT2D eigenvalue weighted by molar-refractivity contribution is -0.384. The van der Waals surface area contributed by atoms with Gasteiger partial charge in [-0.3, -0.25) is 15.1 Å². The van der Waals surface area contributed by atoms with E-state index in [1.165, 1.54) is 12.4 Å². The fraction of sp³-hybridized carbons (Fsp3) is 0.273. The molecule has 0 saturated heterocycles. The number of rotatable bonds is 5. The Bertz CT molecular complexity index is 526. The first-order chi connectivity index (χ1) is 8.66. The van der Waals surface area contributed by atoms with E-state index in [2.05, 4.69) is 15.3 Å². The van der Waals surface area contributed by atoms with Gasteiger partial charge in [0, 0.05) is 31.2 Å². The van der Waals surface area contributed by atoms with Crippen LogP contribution in [0.25, 0.3) is 0 Å². The molecule has 0 aliphatic heterocycles. The Balaban J connectivity index is 2.07. The number of nitro groups is 1. The topological polar surface area (TPSA) is 85.9 Å². The van der Waals surface area contributed by atoms with Crippen molar-refractivity contribution in [2.24, 2.45) is 0 Å². The van der Waals surface area contributed by atoms with Crippen LogP contribution in [0, 0.1) is 10.1 Å². The first-order valence-corrected chi connectivity index (χ1v) is 5.47. The summed E-state index contributed by atoms with van der Waals surface area (Å²) in [6, 6.07) is 1.64. The van der Waals surface area contributed by atoms with Crippen molar-refractivity contribution in [1.29, 1.82) is 0 Å². The minimum atomic E-state index is -0.445. The Hall–Kier alpha value is -2.44.